The van der Waals surface area contributed by atoms with Crippen molar-refractivity contribution in [2.45, 2.75) is 18.9 Å². The molecule has 2 amide bonds. The highest BCUT2D eigenvalue weighted by Gasteiger charge is 2.26. The first-order chi connectivity index (χ1) is 19.7. The molecule has 210 valence electrons. The van der Waals surface area contributed by atoms with Crippen LogP contribution in [-0.2, 0) is 0 Å². The maximum Gasteiger partial charge on any atom is 0.322 e. The Morgan fingerprint density at radius 3 is 2.49 bits per heavy atom. The highest BCUT2D eigenvalue weighted by molar-refractivity contribution is 6.32. The van der Waals surface area contributed by atoms with Crippen LogP contribution in [0.15, 0.2) is 60.8 Å². The van der Waals surface area contributed by atoms with E-state index in [1.807, 2.05) is 43.3 Å². The molecule has 4 aromatic rings. The zero-order valence-corrected chi connectivity index (χ0v) is 23.2. The minimum absolute atomic E-state index is 0.195. The average molecular weight is 577 g/mol. The molecular formula is C30H27ClF2N6O2. The Labute approximate surface area is 241 Å². The highest BCUT2D eigenvalue weighted by atomic mass is 35.5. The van der Waals surface area contributed by atoms with Gasteiger partial charge in [-0.05, 0) is 48.5 Å². The first kappa shape index (κ1) is 27.9. The van der Waals surface area contributed by atoms with Gasteiger partial charge in [0.25, 0.3) is 0 Å². The van der Waals surface area contributed by atoms with Crippen LogP contribution in [0.2, 0.25) is 5.02 Å². The number of nitrogens with one attached hydrogen (secondary N) is 2. The largest absolute Gasteiger partial charge is 0.489 e. The van der Waals surface area contributed by atoms with Crippen molar-refractivity contribution >= 4 is 51.3 Å². The van der Waals surface area contributed by atoms with Crippen molar-refractivity contribution in [2.24, 2.45) is 0 Å². The van der Waals surface area contributed by atoms with E-state index in [9.17, 15) is 18.8 Å². The second-order valence-corrected chi connectivity index (χ2v) is 10.3. The van der Waals surface area contributed by atoms with Gasteiger partial charge < -0.3 is 25.2 Å². The maximum absolute atomic E-state index is 13.9. The Hall–Kier alpha value is -4.62. The Bertz CT molecular complexity index is 1630. The van der Waals surface area contributed by atoms with Gasteiger partial charge in [0.1, 0.15) is 35.2 Å². The van der Waals surface area contributed by atoms with Crippen LogP contribution in [0.5, 0.6) is 5.75 Å². The van der Waals surface area contributed by atoms with E-state index in [1.54, 1.807) is 18.3 Å². The van der Waals surface area contributed by atoms with E-state index in [1.165, 1.54) is 11.0 Å². The van der Waals surface area contributed by atoms with E-state index >= 15 is 0 Å². The molecule has 2 heterocycles. The summed E-state index contributed by atoms with van der Waals surface area (Å²) in [5.41, 5.74) is 2.97. The summed E-state index contributed by atoms with van der Waals surface area (Å²) in [5, 5.41) is 16.6. The highest BCUT2D eigenvalue weighted by Crippen LogP contribution is 2.35. The number of aromatic nitrogens is 1. The van der Waals surface area contributed by atoms with Gasteiger partial charge in [-0.3, -0.25) is 4.98 Å². The lowest BCUT2D eigenvalue weighted by Crippen LogP contribution is -2.44. The number of piperidine rings is 1. The first-order valence-electron chi connectivity index (χ1n) is 13.0. The number of nitriles is 1. The number of pyridine rings is 1. The van der Waals surface area contributed by atoms with E-state index in [0.717, 1.165) is 28.7 Å². The number of hydrogen-bond acceptors (Lipinski definition) is 6. The van der Waals surface area contributed by atoms with Gasteiger partial charge >= 0.3 is 6.03 Å². The van der Waals surface area contributed by atoms with Crippen LogP contribution in [0.3, 0.4) is 0 Å². The van der Waals surface area contributed by atoms with E-state index in [0.29, 0.717) is 53.6 Å². The molecule has 1 fully saturated rings. The number of rotatable bonds is 6. The lowest BCUT2D eigenvalue weighted by Gasteiger charge is -2.32. The Kier molecular flexibility index (Phi) is 8.08. The SMILES string of the molecule is CN(C)c1ccc2ncc(C#N)c(Nc3ccc(OC4CCN(C(=O)Nc5c(F)cccc5F)CC4)c(Cl)c3)c2c1. The fourth-order valence-corrected chi connectivity index (χ4v) is 4.88. The number of carbonyl (C=O) groups is 1. The number of nitrogens with zero attached hydrogens (tertiary/aromatic N) is 4. The number of ether oxygens (including phenoxy) is 1. The molecule has 11 heteroatoms. The van der Waals surface area contributed by atoms with Crippen molar-refractivity contribution < 1.29 is 18.3 Å². The van der Waals surface area contributed by atoms with Gasteiger partial charge in [0, 0.05) is 63.0 Å². The van der Waals surface area contributed by atoms with Gasteiger partial charge in [-0.1, -0.05) is 17.7 Å². The first-order valence-corrected chi connectivity index (χ1v) is 13.3. The standard InChI is InChI=1S/C30H27ClF2N6O2/c1-38(2)20-7-8-26-22(15-20)28(18(16-34)17-35-26)36-19-6-9-27(23(31)14-19)41-21-10-12-39(13-11-21)30(40)37-29-24(32)4-3-5-25(29)33/h3-9,14-15,17,21H,10-13H2,1-2H3,(H,35,36)(H,37,40). The molecule has 0 radical (unpaired) electrons. The number of para-hydroxylation sites is 1. The lowest BCUT2D eigenvalue weighted by atomic mass is 10.1. The van der Waals surface area contributed by atoms with Crippen molar-refractivity contribution in [1.29, 1.82) is 5.26 Å². The second-order valence-electron chi connectivity index (χ2n) is 9.86. The van der Waals surface area contributed by atoms with E-state index in [-0.39, 0.29) is 6.10 Å². The van der Waals surface area contributed by atoms with Gasteiger partial charge in [-0.2, -0.15) is 5.26 Å². The Balaban J connectivity index is 1.24. The van der Waals surface area contributed by atoms with Crippen molar-refractivity contribution in [3.05, 3.63) is 83.0 Å². The molecule has 0 spiro atoms. The van der Waals surface area contributed by atoms with Crippen LogP contribution in [0.1, 0.15) is 18.4 Å². The van der Waals surface area contributed by atoms with Gasteiger partial charge in [0.2, 0.25) is 0 Å². The molecular weight excluding hydrogens is 550 g/mol. The number of carbonyl (C=O) groups excluding carboxylic acids is 1. The summed E-state index contributed by atoms with van der Waals surface area (Å²) in [5.74, 6) is -1.17. The number of urea groups is 1. The molecule has 0 saturated carbocycles. The molecule has 41 heavy (non-hydrogen) atoms. The normalized spacial score (nSPS) is 13.5. The van der Waals surface area contributed by atoms with Crippen LogP contribution >= 0.6 is 11.6 Å². The van der Waals surface area contributed by atoms with Crippen LogP contribution in [0.4, 0.5) is 36.3 Å². The minimum Gasteiger partial charge on any atom is -0.489 e. The van der Waals surface area contributed by atoms with Crippen molar-refractivity contribution in [1.82, 2.24) is 9.88 Å². The van der Waals surface area contributed by atoms with Crippen molar-refractivity contribution in [3.8, 4) is 11.8 Å². The number of anilines is 4. The van der Waals surface area contributed by atoms with E-state index < -0.39 is 23.4 Å². The predicted molar refractivity (Wildman–Crippen MR) is 156 cm³/mol. The summed E-state index contributed by atoms with van der Waals surface area (Å²) in [4.78, 5) is 20.4. The topological polar surface area (TPSA) is 93.5 Å². The van der Waals surface area contributed by atoms with Gasteiger partial charge in [0.05, 0.1) is 21.8 Å². The summed E-state index contributed by atoms with van der Waals surface area (Å²) >= 11 is 6.58. The number of hydrogen-bond donors (Lipinski definition) is 2. The third-order valence-corrected chi connectivity index (χ3v) is 7.20. The number of fused-ring (bicyclic) bond motifs is 1. The summed E-state index contributed by atoms with van der Waals surface area (Å²) in [7, 11) is 3.89. The molecule has 0 atom stereocenters. The van der Waals surface area contributed by atoms with E-state index in [4.69, 9.17) is 16.3 Å². The van der Waals surface area contributed by atoms with Gasteiger partial charge in [-0.15, -0.1) is 0 Å². The molecule has 5 rings (SSSR count). The summed E-state index contributed by atoms with van der Waals surface area (Å²) in [6.45, 7) is 0.704. The molecule has 1 aliphatic heterocycles. The molecule has 1 aromatic heterocycles. The molecule has 0 bridgehead atoms. The second kappa shape index (κ2) is 11.9. The molecule has 1 saturated heterocycles. The third-order valence-electron chi connectivity index (χ3n) is 6.91. The summed E-state index contributed by atoms with van der Waals surface area (Å²) in [6.07, 6.45) is 2.39. The Morgan fingerprint density at radius 1 is 1.10 bits per heavy atom. The zero-order valence-electron chi connectivity index (χ0n) is 22.4. The number of benzene rings is 3. The number of likely N-dealkylation sites (tertiary alicyclic amines) is 1. The Morgan fingerprint density at radius 2 is 1.83 bits per heavy atom. The minimum atomic E-state index is -0.830. The van der Waals surface area contributed by atoms with Crippen LogP contribution < -0.4 is 20.3 Å². The van der Waals surface area contributed by atoms with Crippen LogP contribution in [-0.4, -0.2) is 49.2 Å². The van der Waals surface area contributed by atoms with Crippen LogP contribution in [0.25, 0.3) is 10.9 Å². The number of halogens is 3. The smallest absolute Gasteiger partial charge is 0.322 e. The monoisotopic (exact) mass is 576 g/mol. The van der Waals surface area contributed by atoms with Crippen molar-refractivity contribution in [2.75, 3.05) is 42.7 Å². The molecule has 0 aliphatic carbocycles. The van der Waals surface area contributed by atoms with Gasteiger partial charge in [0.15, 0.2) is 0 Å². The molecule has 1 aliphatic rings. The summed E-state index contributed by atoms with van der Waals surface area (Å²) < 4.78 is 33.9. The third kappa shape index (κ3) is 6.10. The quantitative estimate of drug-likeness (QED) is 0.259. The molecule has 3 aromatic carbocycles. The lowest BCUT2D eigenvalue weighted by molar-refractivity contribution is 0.115. The predicted octanol–water partition coefficient (Wildman–Crippen LogP) is 6.92. The zero-order chi connectivity index (χ0) is 29.1. The van der Waals surface area contributed by atoms with Crippen LogP contribution in [0, 0.1) is 23.0 Å². The van der Waals surface area contributed by atoms with Gasteiger partial charge in [-0.25, -0.2) is 13.6 Å². The van der Waals surface area contributed by atoms with Crippen molar-refractivity contribution in [3.63, 3.8) is 0 Å². The molecule has 0 unspecified atom stereocenters. The average Bonchev–Trinajstić information content (AvgIpc) is 2.96. The molecule has 8 nitrogen and oxygen atoms in total. The fourth-order valence-electron chi connectivity index (χ4n) is 4.66. The number of amides is 2. The fraction of sp³-hybridized carbons (Fsp3) is 0.233. The van der Waals surface area contributed by atoms with E-state index in [2.05, 4.69) is 21.7 Å². The summed E-state index contributed by atoms with van der Waals surface area (Å²) in [6, 6.07) is 16.2. The molecule has 2 N–H and O–H groups in total. The maximum atomic E-state index is 13.9.